The molecule has 4 nitrogen and oxygen atoms in total. The van der Waals surface area contributed by atoms with Gasteiger partial charge < -0.3 is 16.4 Å². The number of hydrogen-bond donors (Lipinski definition) is 3. The molecule has 5 heteroatoms. The Kier molecular flexibility index (Phi) is 4.15. The Labute approximate surface area is 106 Å². The van der Waals surface area contributed by atoms with Gasteiger partial charge >= 0.3 is 0 Å². The van der Waals surface area contributed by atoms with E-state index in [9.17, 15) is 9.18 Å². The van der Waals surface area contributed by atoms with E-state index >= 15 is 0 Å². The Morgan fingerprint density at radius 3 is 2.78 bits per heavy atom. The maximum atomic E-state index is 13.6. The van der Waals surface area contributed by atoms with Crippen molar-refractivity contribution in [3.8, 4) is 0 Å². The maximum absolute atomic E-state index is 13.6. The van der Waals surface area contributed by atoms with Gasteiger partial charge in [-0.05, 0) is 44.0 Å². The minimum absolute atomic E-state index is 0.188. The van der Waals surface area contributed by atoms with Crippen LogP contribution in [0.1, 0.15) is 29.6 Å². The molecule has 0 unspecified atom stereocenters. The standard InChI is InChI=1S/C13H18FN3O/c14-11-8-9(13(15)18)2-5-12(11)17-7-1-6-16-10-3-4-10/h2,5,8,10,16-17H,1,3-4,6-7H2,(H2,15,18). The first-order chi connectivity index (χ1) is 8.66. The van der Waals surface area contributed by atoms with Gasteiger partial charge in [0.25, 0.3) is 0 Å². The number of carbonyl (C=O) groups is 1. The number of hydrogen-bond acceptors (Lipinski definition) is 3. The SMILES string of the molecule is NC(=O)c1ccc(NCCCNC2CC2)c(F)c1. The summed E-state index contributed by atoms with van der Waals surface area (Å²) >= 11 is 0. The predicted octanol–water partition coefficient (Wildman–Crippen LogP) is 1.48. The molecule has 98 valence electrons. The van der Waals surface area contributed by atoms with Crippen LogP contribution in [0.4, 0.5) is 10.1 Å². The Hall–Kier alpha value is -1.62. The molecule has 0 spiro atoms. The third-order valence-electron chi connectivity index (χ3n) is 2.93. The molecule has 1 aliphatic rings. The lowest BCUT2D eigenvalue weighted by atomic mass is 10.2. The van der Waals surface area contributed by atoms with E-state index in [4.69, 9.17) is 5.73 Å². The number of carbonyl (C=O) groups excluding carboxylic acids is 1. The van der Waals surface area contributed by atoms with Crippen molar-refractivity contribution in [3.63, 3.8) is 0 Å². The highest BCUT2D eigenvalue weighted by molar-refractivity contribution is 5.93. The summed E-state index contributed by atoms with van der Waals surface area (Å²) in [5.74, 6) is -1.06. The summed E-state index contributed by atoms with van der Waals surface area (Å²) in [6, 6.07) is 4.93. The van der Waals surface area contributed by atoms with Crippen molar-refractivity contribution in [1.29, 1.82) is 0 Å². The molecule has 0 aromatic heterocycles. The topological polar surface area (TPSA) is 67.2 Å². The van der Waals surface area contributed by atoms with E-state index < -0.39 is 11.7 Å². The first kappa shape index (κ1) is 12.8. The number of amides is 1. The molecule has 1 fully saturated rings. The fourth-order valence-corrected chi connectivity index (χ4v) is 1.72. The normalized spacial score (nSPS) is 14.5. The summed E-state index contributed by atoms with van der Waals surface area (Å²) in [6.45, 7) is 1.64. The fourth-order valence-electron chi connectivity index (χ4n) is 1.72. The summed E-state index contributed by atoms with van der Waals surface area (Å²) in [6.07, 6.45) is 3.49. The van der Waals surface area contributed by atoms with Crippen LogP contribution in [0.3, 0.4) is 0 Å². The number of nitrogens with one attached hydrogen (secondary N) is 2. The number of nitrogens with two attached hydrogens (primary N) is 1. The van der Waals surface area contributed by atoms with Crippen LogP contribution in [0.25, 0.3) is 0 Å². The van der Waals surface area contributed by atoms with Crippen molar-refractivity contribution in [2.24, 2.45) is 5.73 Å². The molecule has 1 aliphatic carbocycles. The second kappa shape index (κ2) is 5.82. The van der Waals surface area contributed by atoms with E-state index in [1.807, 2.05) is 0 Å². The Morgan fingerprint density at radius 1 is 1.39 bits per heavy atom. The van der Waals surface area contributed by atoms with Crippen LogP contribution in [0, 0.1) is 5.82 Å². The number of rotatable bonds is 7. The van der Waals surface area contributed by atoms with Crippen LogP contribution in [0.15, 0.2) is 18.2 Å². The molecule has 0 atom stereocenters. The van der Waals surface area contributed by atoms with E-state index in [1.54, 1.807) is 6.07 Å². The maximum Gasteiger partial charge on any atom is 0.248 e. The molecular weight excluding hydrogens is 233 g/mol. The molecule has 2 rings (SSSR count). The van der Waals surface area contributed by atoms with Crippen molar-refractivity contribution >= 4 is 11.6 Å². The van der Waals surface area contributed by atoms with Crippen LogP contribution >= 0.6 is 0 Å². The molecular formula is C13H18FN3O. The highest BCUT2D eigenvalue weighted by Crippen LogP contribution is 2.18. The Bertz CT molecular complexity index is 432. The molecule has 1 aromatic rings. The highest BCUT2D eigenvalue weighted by atomic mass is 19.1. The van der Waals surface area contributed by atoms with Crippen molar-refractivity contribution < 1.29 is 9.18 Å². The van der Waals surface area contributed by atoms with E-state index in [1.165, 1.54) is 18.9 Å². The molecule has 0 bridgehead atoms. The minimum atomic E-state index is -0.617. The second-order valence-corrected chi connectivity index (χ2v) is 4.57. The summed E-state index contributed by atoms with van der Waals surface area (Å²) in [4.78, 5) is 10.9. The van der Waals surface area contributed by atoms with Gasteiger partial charge in [-0.15, -0.1) is 0 Å². The average Bonchev–Trinajstić information content (AvgIpc) is 3.14. The fraction of sp³-hybridized carbons (Fsp3) is 0.462. The van der Waals surface area contributed by atoms with Gasteiger partial charge in [0.1, 0.15) is 5.82 Å². The van der Waals surface area contributed by atoms with Crippen molar-refractivity contribution in [3.05, 3.63) is 29.6 Å². The predicted molar refractivity (Wildman–Crippen MR) is 69.0 cm³/mol. The largest absolute Gasteiger partial charge is 0.383 e. The summed E-state index contributed by atoms with van der Waals surface area (Å²) in [7, 11) is 0. The quantitative estimate of drug-likeness (QED) is 0.643. The van der Waals surface area contributed by atoms with E-state index in [0.717, 1.165) is 19.0 Å². The van der Waals surface area contributed by atoms with Crippen LogP contribution in [-0.2, 0) is 0 Å². The third-order valence-corrected chi connectivity index (χ3v) is 2.93. The second-order valence-electron chi connectivity index (χ2n) is 4.57. The molecule has 1 saturated carbocycles. The first-order valence-electron chi connectivity index (χ1n) is 6.23. The lowest BCUT2D eigenvalue weighted by molar-refractivity contribution is 0.1000. The van der Waals surface area contributed by atoms with Crippen LogP contribution in [-0.4, -0.2) is 25.0 Å². The van der Waals surface area contributed by atoms with Gasteiger partial charge in [0.05, 0.1) is 5.69 Å². The Balaban J connectivity index is 1.75. The van der Waals surface area contributed by atoms with Gasteiger partial charge in [-0.1, -0.05) is 0 Å². The van der Waals surface area contributed by atoms with E-state index in [2.05, 4.69) is 10.6 Å². The van der Waals surface area contributed by atoms with Crippen molar-refractivity contribution in [2.75, 3.05) is 18.4 Å². The smallest absolute Gasteiger partial charge is 0.248 e. The van der Waals surface area contributed by atoms with Crippen molar-refractivity contribution in [1.82, 2.24) is 5.32 Å². The third kappa shape index (κ3) is 3.70. The van der Waals surface area contributed by atoms with Crippen LogP contribution in [0.2, 0.25) is 0 Å². The monoisotopic (exact) mass is 251 g/mol. The summed E-state index contributed by atoms with van der Waals surface area (Å²) in [5, 5.41) is 6.39. The zero-order chi connectivity index (χ0) is 13.0. The average molecular weight is 251 g/mol. The van der Waals surface area contributed by atoms with Gasteiger partial charge in [-0.25, -0.2) is 4.39 Å². The lowest BCUT2D eigenvalue weighted by Crippen LogP contribution is -2.20. The molecule has 4 N–H and O–H groups in total. The summed E-state index contributed by atoms with van der Waals surface area (Å²) < 4.78 is 13.6. The first-order valence-corrected chi connectivity index (χ1v) is 6.23. The highest BCUT2D eigenvalue weighted by Gasteiger charge is 2.19. The molecule has 0 saturated heterocycles. The van der Waals surface area contributed by atoms with Gasteiger partial charge in [0.2, 0.25) is 5.91 Å². The zero-order valence-corrected chi connectivity index (χ0v) is 10.2. The van der Waals surface area contributed by atoms with Crippen LogP contribution < -0.4 is 16.4 Å². The number of halogens is 1. The zero-order valence-electron chi connectivity index (χ0n) is 10.2. The van der Waals surface area contributed by atoms with Crippen LogP contribution in [0.5, 0.6) is 0 Å². The minimum Gasteiger partial charge on any atom is -0.383 e. The molecule has 0 aliphatic heterocycles. The molecule has 18 heavy (non-hydrogen) atoms. The van der Waals surface area contributed by atoms with Gasteiger partial charge in [-0.2, -0.15) is 0 Å². The number of anilines is 1. The molecule has 1 amide bonds. The molecule has 0 radical (unpaired) electrons. The number of primary amides is 1. The van der Waals surface area contributed by atoms with Gasteiger partial charge in [-0.3, -0.25) is 4.79 Å². The lowest BCUT2D eigenvalue weighted by Gasteiger charge is -2.08. The van der Waals surface area contributed by atoms with E-state index in [0.29, 0.717) is 18.3 Å². The molecule has 1 aromatic carbocycles. The number of benzene rings is 1. The van der Waals surface area contributed by atoms with Gasteiger partial charge in [0, 0.05) is 18.2 Å². The molecule has 0 heterocycles. The summed E-state index contributed by atoms with van der Waals surface area (Å²) in [5.41, 5.74) is 5.67. The van der Waals surface area contributed by atoms with Crippen molar-refractivity contribution in [2.45, 2.75) is 25.3 Å². The van der Waals surface area contributed by atoms with E-state index in [-0.39, 0.29) is 5.56 Å². The van der Waals surface area contributed by atoms with Gasteiger partial charge in [0.15, 0.2) is 0 Å². The Morgan fingerprint density at radius 2 is 2.17 bits per heavy atom.